The molecule has 0 radical (unpaired) electrons. The highest BCUT2D eigenvalue weighted by molar-refractivity contribution is 5.11. The van der Waals surface area contributed by atoms with Crippen molar-refractivity contribution in [2.24, 2.45) is 0 Å². The summed E-state index contributed by atoms with van der Waals surface area (Å²) in [6.45, 7) is 2.44. The van der Waals surface area contributed by atoms with Crippen LogP contribution in [0, 0.1) is 0 Å². The van der Waals surface area contributed by atoms with E-state index in [1.165, 1.54) is 0 Å². The minimum Gasteiger partial charge on any atom is -0.390 e. The van der Waals surface area contributed by atoms with Gasteiger partial charge in [0, 0.05) is 31.9 Å². The molecule has 0 saturated carbocycles. The van der Waals surface area contributed by atoms with Crippen LogP contribution in [0.2, 0.25) is 0 Å². The Bertz CT molecular complexity index is 318. The molecule has 0 amide bonds. The van der Waals surface area contributed by atoms with Crippen LogP contribution in [0.4, 0.5) is 0 Å². The number of hydrogen-bond donors (Lipinski definition) is 1. The molecule has 1 fully saturated rings. The summed E-state index contributed by atoms with van der Waals surface area (Å²) >= 11 is 0. The number of rotatable bonds is 3. The van der Waals surface area contributed by atoms with E-state index >= 15 is 0 Å². The Morgan fingerprint density at radius 1 is 1.56 bits per heavy atom. The van der Waals surface area contributed by atoms with Crippen molar-refractivity contribution in [3.8, 4) is 0 Å². The predicted octanol–water partition coefficient (Wildman–Crippen LogP) is 0.316. The molecule has 0 aromatic carbocycles. The molecule has 4 heteroatoms. The summed E-state index contributed by atoms with van der Waals surface area (Å²) in [6.07, 6.45) is 3.60. The van der Waals surface area contributed by atoms with Gasteiger partial charge >= 0.3 is 0 Å². The maximum atomic E-state index is 10.1. The van der Waals surface area contributed by atoms with Crippen LogP contribution in [0.15, 0.2) is 24.5 Å². The van der Waals surface area contributed by atoms with Gasteiger partial charge in [0.25, 0.3) is 0 Å². The van der Waals surface area contributed by atoms with Crippen LogP contribution in [-0.2, 0) is 11.2 Å². The molecule has 0 bridgehead atoms. The first-order valence-corrected chi connectivity index (χ1v) is 5.63. The molecule has 1 saturated heterocycles. The fraction of sp³-hybridized carbons (Fsp3) is 0.583. The average Bonchev–Trinajstić information content (AvgIpc) is 2.30. The van der Waals surface area contributed by atoms with Crippen LogP contribution >= 0.6 is 0 Å². The third kappa shape index (κ3) is 3.01. The van der Waals surface area contributed by atoms with Crippen molar-refractivity contribution in [3.05, 3.63) is 30.1 Å². The number of aromatic nitrogens is 1. The second-order valence-electron chi connectivity index (χ2n) is 4.30. The standard InChI is InChI=1S/C12H18N2O2/c1-14-6-7-16-12(9-14)11(15)8-10-2-4-13-5-3-10/h2-5,11-12,15H,6-9H2,1H3. The van der Waals surface area contributed by atoms with Gasteiger partial charge in [-0.1, -0.05) is 0 Å². The number of nitrogens with zero attached hydrogens (tertiary/aromatic N) is 2. The van der Waals surface area contributed by atoms with Crippen LogP contribution in [0.25, 0.3) is 0 Å². The first-order chi connectivity index (χ1) is 7.75. The van der Waals surface area contributed by atoms with Crippen molar-refractivity contribution in [3.63, 3.8) is 0 Å². The zero-order chi connectivity index (χ0) is 11.4. The van der Waals surface area contributed by atoms with Crippen molar-refractivity contribution in [2.75, 3.05) is 26.7 Å². The van der Waals surface area contributed by atoms with E-state index in [9.17, 15) is 5.11 Å². The van der Waals surface area contributed by atoms with Crippen molar-refractivity contribution in [2.45, 2.75) is 18.6 Å². The Morgan fingerprint density at radius 2 is 2.31 bits per heavy atom. The third-order valence-corrected chi connectivity index (χ3v) is 2.92. The van der Waals surface area contributed by atoms with Gasteiger partial charge in [0.15, 0.2) is 0 Å². The van der Waals surface area contributed by atoms with Gasteiger partial charge in [0.05, 0.1) is 18.8 Å². The molecule has 1 aromatic rings. The normalized spacial score (nSPS) is 24.2. The molecule has 1 N–H and O–H groups in total. The maximum absolute atomic E-state index is 10.1. The highest BCUT2D eigenvalue weighted by Gasteiger charge is 2.25. The monoisotopic (exact) mass is 222 g/mol. The zero-order valence-electron chi connectivity index (χ0n) is 9.54. The van der Waals surface area contributed by atoms with Crippen LogP contribution in [0.3, 0.4) is 0 Å². The minimum absolute atomic E-state index is 0.0769. The van der Waals surface area contributed by atoms with Crippen LogP contribution < -0.4 is 0 Å². The molecular formula is C12H18N2O2. The highest BCUT2D eigenvalue weighted by Crippen LogP contribution is 2.11. The summed E-state index contributed by atoms with van der Waals surface area (Å²) in [5.41, 5.74) is 1.10. The molecule has 88 valence electrons. The van der Waals surface area contributed by atoms with Crippen molar-refractivity contribution >= 4 is 0 Å². The lowest BCUT2D eigenvalue weighted by molar-refractivity contribution is -0.0823. The van der Waals surface area contributed by atoms with E-state index in [4.69, 9.17) is 4.74 Å². The lowest BCUT2D eigenvalue weighted by Crippen LogP contribution is -2.46. The lowest BCUT2D eigenvalue weighted by Gasteiger charge is -2.32. The molecule has 2 atom stereocenters. The molecule has 4 nitrogen and oxygen atoms in total. The SMILES string of the molecule is CN1CCOC(C(O)Cc2ccncc2)C1. The van der Waals surface area contributed by atoms with Crippen LogP contribution in [0.1, 0.15) is 5.56 Å². The average molecular weight is 222 g/mol. The summed E-state index contributed by atoms with van der Waals surface area (Å²) in [7, 11) is 2.05. The Labute approximate surface area is 95.9 Å². The molecule has 16 heavy (non-hydrogen) atoms. The second-order valence-corrected chi connectivity index (χ2v) is 4.30. The van der Waals surface area contributed by atoms with Gasteiger partial charge in [0.1, 0.15) is 0 Å². The van der Waals surface area contributed by atoms with Crippen molar-refractivity contribution in [1.29, 1.82) is 0 Å². The molecule has 1 aliphatic heterocycles. The van der Waals surface area contributed by atoms with E-state index in [1.807, 2.05) is 12.1 Å². The second kappa shape index (κ2) is 5.39. The molecule has 1 aromatic heterocycles. The Morgan fingerprint density at radius 3 is 3.00 bits per heavy atom. The van der Waals surface area contributed by atoms with Crippen molar-refractivity contribution < 1.29 is 9.84 Å². The summed E-state index contributed by atoms with van der Waals surface area (Å²) < 4.78 is 5.58. The molecule has 2 unspecified atom stereocenters. The van der Waals surface area contributed by atoms with E-state index in [2.05, 4.69) is 16.9 Å². The zero-order valence-corrected chi connectivity index (χ0v) is 9.54. The van der Waals surface area contributed by atoms with Gasteiger partial charge in [-0.2, -0.15) is 0 Å². The van der Waals surface area contributed by atoms with Gasteiger partial charge in [0.2, 0.25) is 0 Å². The number of pyridine rings is 1. The highest BCUT2D eigenvalue weighted by atomic mass is 16.5. The van der Waals surface area contributed by atoms with Gasteiger partial charge in [-0.25, -0.2) is 0 Å². The summed E-state index contributed by atoms with van der Waals surface area (Å²) in [4.78, 5) is 6.14. The fourth-order valence-corrected chi connectivity index (χ4v) is 1.94. The van der Waals surface area contributed by atoms with Gasteiger partial charge in [-0.05, 0) is 24.7 Å². The van der Waals surface area contributed by atoms with Gasteiger partial charge < -0.3 is 14.7 Å². The molecular weight excluding hydrogens is 204 g/mol. The van der Waals surface area contributed by atoms with E-state index in [0.29, 0.717) is 13.0 Å². The third-order valence-electron chi connectivity index (χ3n) is 2.92. The predicted molar refractivity (Wildman–Crippen MR) is 61.2 cm³/mol. The summed E-state index contributed by atoms with van der Waals surface area (Å²) in [6, 6.07) is 3.85. The first kappa shape index (κ1) is 11.5. The molecule has 2 rings (SSSR count). The van der Waals surface area contributed by atoms with E-state index in [-0.39, 0.29) is 6.10 Å². The van der Waals surface area contributed by atoms with Gasteiger partial charge in [-0.15, -0.1) is 0 Å². The molecule has 2 heterocycles. The molecule has 1 aliphatic rings. The van der Waals surface area contributed by atoms with Gasteiger partial charge in [-0.3, -0.25) is 4.98 Å². The summed E-state index contributed by atoms with van der Waals surface area (Å²) in [5, 5.41) is 10.1. The summed E-state index contributed by atoms with van der Waals surface area (Å²) in [5.74, 6) is 0. The van der Waals surface area contributed by atoms with E-state index < -0.39 is 6.10 Å². The number of aliphatic hydroxyl groups is 1. The number of aliphatic hydroxyl groups excluding tert-OH is 1. The Balaban J connectivity index is 1.90. The Hall–Kier alpha value is -0.970. The fourth-order valence-electron chi connectivity index (χ4n) is 1.94. The largest absolute Gasteiger partial charge is 0.390 e. The van der Waals surface area contributed by atoms with Crippen LogP contribution in [0.5, 0.6) is 0 Å². The number of hydrogen-bond acceptors (Lipinski definition) is 4. The van der Waals surface area contributed by atoms with E-state index in [0.717, 1.165) is 18.7 Å². The molecule has 0 aliphatic carbocycles. The smallest absolute Gasteiger partial charge is 0.0964 e. The Kier molecular flexibility index (Phi) is 3.88. The quantitative estimate of drug-likeness (QED) is 0.800. The number of ether oxygens (including phenoxy) is 1. The lowest BCUT2D eigenvalue weighted by atomic mass is 10.0. The van der Waals surface area contributed by atoms with Crippen molar-refractivity contribution in [1.82, 2.24) is 9.88 Å². The van der Waals surface area contributed by atoms with Crippen LogP contribution in [-0.4, -0.2) is 53.9 Å². The van der Waals surface area contributed by atoms with E-state index in [1.54, 1.807) is 12.4 Å². The number of likely N-dealkylation sites (N-methyl/N-ethyl adjacent to an activating group) is 1. The topological polar surface area (TPSA) is 45.6 Å². The first-order valence-electron chi connectivity index (χ1n) is 5.63. The number of morpholine rings is 1. The minimum atomic E-state index is -0.440. The molecule has 0 spiro atoms. The maximum Gasteiger partial charge on any atom is 0.0964 e.